The molecule has 2 aromatic carbocycles. The van der Waals surface area contributed by atoms with Crippen LogP contribution in [0.2, 0.25) is 0 Å². The molecule has 0 aromatic heterocycles. The molecule has 0 saturated carbocycles. The van der Waals surface area contributed by atoms with Crippen molar-refractivity contribution >= 4 is 5.69 Å². The average Bonchev–Trinajstić information content (AvgIpc) is 2.41. The van der Waals surface area contributed by atoms with Gasteiger partial charge in [0.2, 0.25) is 5.82 Å². The van der Waals surface area contributed by atoms with Crippen LogP contribution in [0.25, 0.3) is 0 Å². The molecule has 1 unspecified atom stereocenters. The minimum absolute atomic E-state index is 0.159. The van der Waals surface area contributed by atoms with Crippen molar-refractivity contribution in [1.29, 1.82) is 0 Å². The van der Waals surface area contributed by atoms with Crippen LogP contribution < -0.4 is 5.73 Å². The number of nitrogens with zero attached hydrogens (tertiary/aromatic N) is 1. The Balaban J connectivity index is 2.02. The van der Waals surface area contributed by atoms with E-state index in [1.807, 2.05) is 31.2 Å². The molecule has 0 aliphatic heterocycles. The normalized spacial score (nSPS) is 12.1. The van der Waals surface area contributed by atoms with E-state index in [9.17, 15) is 14.5 Å². The third-order valence-corrected chi connectivity index (χ3v) is 3.33. The molecule has 110 valence electrons. The molecule has 0 heterocycles. The van der Waals surface area contributed by atoms with Crippen LogP contribution >= 0.6 is 0 Å². The maximum atomic E-state index is 13.5. The number of nitrogens with two attached hydrogens (primary N) is 1. The van der Waals surface area contributed by atoms with Crippen LogP contribution in [-0.2, 0) is 12.8 Å². The molecule has 5 heteroatoms. The van der Waals surface area contributed by atoms with Gasteiger partial charge in [0.15, 0.2) is 0 Å². The Bertz CT molecular complexity index is 641. The lowest BCUT2D eigenvalue weighted by Gasteiger charge is -2.12. The summed E-state index contributed by atoms with van der Waals surface area (Å²) >= 11 is 0. The van der Waals surface area contributed by atoms with Gasteiger partial charge in [0.05, 0.1) is 4.92 Å². The van der Waals surface area contributed by atoms with E-state index in [-0.39, 0.29) is 6.04 Å². The summed E-state index contributed by atoms with van der Waals surface area (Å²) in [6.45, 7) is 2.02. The highest BCUT2D eigenvalue weighted by Gasteiger charge is 2.15. The average molecular weight is 288 g/mol. The summed E-state index contributed by atoms with van der Waals surface area (Å²) in [4.78, 5) is 9.83. The molecule has 4 nitrogen and oxygen atoms in total. The van der Waals surface area contributed by atoms with E-state index in [4.69, 9.17) is 5.73 Å². The number of benzene rings is 2. The zero-order chi connectivity index (χ0) is 15.4. The number of hydrogen-bond acceptors (Lipinski definition) is 3. The van der Waals surface area contributed by atoms with Crippen LogP contribution in [0.4, 0.5) is 10.1 Å². The summed E-state index contributed by atoms with van der Waals surface area (Å²) in [5.74, 6) is -0.819. The number of hydrogen-bond donors (Lipinski definition) is 1. The fourth-order valence-electron chi connectivity index (χ4n) is 2.23. The van der Waals surface area contributed by atoms with Crippen molar-refractivity contribution in [3.8, 4) is 0 Å². The maximum absolute atomic E-state index is 13.5. The summed E-state index contributed by atoms with van der Waals surface area (Å²) in [5.41, 5.74) is 8.53. The Labute approximate surface area is 122 Å². The van der Waals surface area contributed by atoms with Gasteiger partial charge in [-0.25, -0.2) is 0 Å². The smallest absolute Gasteiger partial charge is 0.304 e. The van der Waals surface area contributed by atoms with Crippen LogP contribution in [0.15, 0.2) is 42.5 Å². The van der Waals surface area contributed by atoms with Gasteiger partial charge in [-0.1, -0.05) is 35.9 Å². The molecule has 0 bridgehead atoms. The second-order valence-electron chi connectivity index (χ2n) is 5.20. The highest BCUT2D eigenvalue weighted by atomic mass is 19.1. The third kappa shape index (κ3) is 4.10. The topological polar surface area (TPSA) is 69.2 Å². The van der Waals surface area contributed by atoms with Crippen molar-refractivity contribution < 1.29 is 9.31 Å². The lowest BCUT2D eigenvalue weighted by atomic mass is 9.99. The number of nitro benzene ring substituents is 1. The van der Waals surface area contributed by atoms with Gasteiger partial charge in [-0.2, -0.15) is 4.39 Å². The first-order valence-corrected chi connectivity index (χ1v) is 6.69. The lowest BCUT2D eigenvalue weighted by molar-refractivity contribution is -0.387. The number of halogens is 1. The highest BCUT2D eigenvalue weighted by Crippen LogP contribution is 2.19. The van der Waals surface area contributed by atoms with E-state index in [1.54, 1.807) is 6.07 Å². The van der Waals surface area contributed by atoms with Crippen molar-refractivity contribution in [3.63, 3.8) is 0 Å². The van der Waals surface area contributed by atoms with Crippen LogP contribution in [0.3, 0.4) is 0 Å². The maximum Gasteiger partial charge on any atom is 0.304 e. The molecule has 0 spiro atoms. The monoisotopic (exact) mass is 288 g/mol. The molecular formula is C16H17FN2O2. The first kappa shape index (κ1) is 15.1. The summed E-state index contributed by atoms with van der Waals surface area (Å²) in [6, 6.07) is 11.8. The minimum Gasteiger partial charge on any atom is -0.327 e. The van der Waals surface area contributed by atoms with Gasteiger partial charge in [-0.3, -0.25) is 10.1 Å². The van der Waals surface area contributed by atoms with E-state index in [2.05, 4.69) is 0 Å². The molecule has 2 rings (SSSR count). The highest BCUT2D eigenvalue weighted by molar-refractivity contribution is 5.35. The molecule has 0 aliphatic rings. The van der Waals surface area contributed by atoms with Gasteiger partial charge in [0.1, 0.15) is 0 Å². The quantitative estimate of drug-likeness (QED) is 0.678. The summed E-state index contributed by atoms with van der Waals surface area (Å²) < 4.78 is 13.5. The first-order chi connectivity index (χ1) is 9.95. The van der Waals surface area contributed by atoms with Gasteiger partial charge in [0, 0.05) is 12.1 Å². The van der Waals surface area contributed by atoms with Gasteiger partial charge >= 0.3 is 5.69 Å². The molecule has 1 atom stereocenters. The second kappa shape index (κ2) is 6.45. The molecule has 0 amide bonds. The molecule has 21 heavy (non-hydrogen) atoms. The van der Waals surface area contributed by atoms with Crippen molar-refractivity contribution in [1.82, 2.24) is 0 Å². The summed E-state index contributed by atoms with van der Waals surface area (Å²) in [5, 5.41) is 10.6. The van der Waals surface area contributed by atoms with Gasteiger partial charge in [0.25, 0.3) is 0 Å². The predicted molar refractivity (Wildman–Crippen MR) is 79.6 cm³/mol. The van der Waals surface area contributed by atoms with Gasteiger partial charge in [-0.15, -0.1) is 0 Å². The predicted octanol–water partition coefficient (Wildman–Crippen LogP) is 3.15. The van der Waals surface area contributed by atoms with Crippen molar-refractivity contribution in [2.24, 2.45) is 5.73 Å². The lowest BCUT2D eigenvalue weighted by Crippen LogP contribution is -2.25. The van der Waals surface area contributed by atoms with E-state index < -0.39 is 16.4 Å². The van der Waals surface area contributed by atoms with Crippen molar-refractivity contribution in [2.45, 2.75) is 25.8 Å². The van der Waals surface area contributed by atoms with Gasteiger partial charge in [-0.05, 0) is 37.0 Å². The number of aryl methyl sites for hydroxylation is 1. The Kier molecular flexibility index (Phi) is 4.65. The summed E-state index contributed by atoms with van der Waals surface area (Å²) in [6.07, 6.45) is 1.15. The largest absolute Gasteiger partial charge is 0.327 e. The van der Waals surface area contributed by atoms with Gasteiger partial charge < -0.3 is 5.73 Å². The standard InChI is InChI=1S/C16H17FN2O2/c1-11-2-4-12(5-3-11)8-14(18)9-13-6-7-16(19(20)21)15(17)10-13/h2-7,10,14H,8-9,18H2,1H3. The van der Waals surface area contributed by atoms with E-state index in [0.29, 0.717) is 18.4 Å². The van der Waals surface area contributed by atoms with E-state index in [1.165, 1.54) is 17.7 Å². The number of nitro groups is 1. The fourth-order valence-corrected chi connectivity index (χ4v) is 2.23. The van der Waals surface area contributed by atoms with Crippen LogP contribution in [0, 0.1) is 22.9 Å². The van der Waals surface area contributed by atoms with Crippen LogP contribution in [0.1, 0.15) is 16.7 Å². The first-order valence-electron chi connectivity index (χ1n) is 6.69. The molecule has 0 fully saturated rings. The molecular weight excluding hydrogens is 271 g/mol. The van der Waals surface area contributed by atoms with Crippen LogP contribution in [0.5, 0.6) is 0 Å². The molecule has 0 aliphatic carbocycles. The number of rotatable bonds is 5. The minimum atomic E-state index is -0.819. The second-order valence-corrected chi connectivity index (χ2v) is 5.20. The zero-order valence-electron chi connectivity index (χ0n) is 11.8. The SMILES string of the molecule is Cc1ccc(CC(N)Cc2ccc([N+](=O)[O-])c(F)c2)cc1. The Morgan fingerprint density at radius 3 is 2.29 bits per heavy atom. The molecule has 2 N–H and O–H groups in total. The third-order valence-electron chi connectivity index (χ3n) is 3.33. The Hall–Kier alpha value is -2.27. The fraction of sp³-hybridized carbons (Fsp3) is 0.250. The van der Waals surface area contributed by atoms with Crippen molar-refractivity contribution in [3.05, 3.63) is 75.1 Å². The van der Waals surface area contributed by atoms with E-state index >= 15 is 0 Å². The van der Waals surface area contributed by atoms with E-state index in [0.717, 1.165) is 5.56 Å². The van der Waals surface area contributed by atoms with Crippen LogP contribution in [-0.4, -0.2) is 11.0 Å². The molecule has 0 saturated heterocycles. The summed E-state index contributed by atoms with van der Waals surface area (Å²) in [7, 11) is 0. The van der Waals surface area contributed by atoms with Crippen molar-refractivity contribution in [2.75, 3.05) is 0 Å². The zero-order valence-corrected chi connectivity index (χ0v) is 11.8. The molecule has 2 aromatic rings. The molecule has 0 radical (unpaired) electrons. The Morgan fingerprint density at radius 1 is 1.14 bits per heavy atom. The Morgan fingerprint density at radius 2 is 1.71 bits per heavy atom.